The van der Waals surface area contributed by atoms with Gasteiger partial charge < -0.3 is 4.57 Å². The van der Waals surface area contributed by atoms with Crippen LogP contribution in [0.3, 0.4) is 0 Å². The summed E-state index contributed by atoms with van der Waals surface area (Å²) in [7, 11) is 2.27. The molecule has 0 unspecified atom stereocenters. The molecule has 0 saturated carbocycles. The second-order valence-corrected chi connectivity index (χ2v) is 8.57. The van der Waals surface area contributed by atoms with Crippen LogP contribution in [-0.2, 0) is 7.05 Å². The molecule has 1 heterocycles. The fraction of sp³-hybridized carbons (Fsp3) is 0.826. The SMILES string of the molecule is CCCCCC[B-](CCCCCC)(CCCCCC)c1cccn1C.[Li+]. The molecule has 1 aromatic rings. The Morgan fingerprint density at radius 2 is 1.12 bits per heavy atom. The Hall–Kier alpha value is -0.0577. The van der Waals surface area contributed by atoms with E-state index in [0.29, 0.717) is 0 Å². The molecule has 26 heavy (non-hydrogen) atoms. The summed E-state index contributed by atoms with van der Waals surface area (Å²) < 4.78 is 2.44. The second kappa shape index (κ2) is 15.9. The van der Waals surface area contributed by atoms with Crippen molar-refractivity contribution < 1.29 is 18.9 Å². The largest absolute Gasteiger partial charge is 1.00 e. The Labute approximate surface area is 177 Å². The molecule has 0 aliphatic rings. The first kappa shape index (κ1) is 25.9. The average molecular weight is 353 g/mol. The average Bonchev–Trinajstić information content (AvgIpc) is 3.05. The van der Waals surface area contributed by atoms with Crippen molar-refractivity contribution in [1.82, 2.24) is 4.57 Å². The molecule has 3 heteroatoms. The Balaban J connectivity index is 0.00000625. The first-order valence-electron chi connectivity index (χ1n) is 11.5. The molecule has 0 N–H and O–H groups in total. The van der Waals surface area contributed by atoms with E-state index in [0.717, 1.165) is 0 Å². The van der Waals surface area contributed by atoms with Crippen LogP contribution in [0.15, 0.2) is 18.3 Å². The number of nitrogens with zero attached hydrogens (tertiary/aromatic N) is 1. The van der Waals surface area contributed by atoms with Gasteiger partial charge in [-0.1, -0.05) is 104 Å². The molecule has 0 fully saturated rings. The van der Waals surface area contributed by atoms with Crippen LogP contribution in [0.1, 0.15) is 97.8 Å². The van der Waals surface area contributed by atoms with Crippen LogP contribution in [0.5, 0.6) is 0 Å². The van der Waals surface area contributed by atoms with E-state index in [1.54, 1.807) is 5.59 Å². The Morgan fingerprint density at radius 3 is 1.42 bits per heavy atom. The molecule has 0 radical (unpaired) electrons. The molecule has 0 atom stereocenters. The molecule has 1 nitrogen and oxygen atoms in total. The second-order valence-electron chi connectivity index (χ2n) is 8.57. The predicted molar refractivity (Wildman–Crippen MR) is 118 cm³/mol. The molecule has 0 aliphatic heterocycles. The molecule has 1 aromatic heterocycles. The van der Waals surface area contributed by atoms with Gasteiger partial charge in [0, 0.05) is 13.2 Å². The zero-order valence-corrected chi connectivity index (χ0v) is 18.9. The fourth-order valence-electron chi connectivity index (χ4n) is 4.87. The van der Waals surface area contributed by atoms with E-state index >= 15 is 0 Å². The van der Waals surface area contributed by atoms with Crippen LogP contribution in [0.2, 0.25) is 19.0 Å². The van der Waals surface area contributed by atoms with E-state index in [2.05, 4.69) is 50.7 Å². The van der Waals surface area contributed by atoms with Gasteiger partial charge in [0.15, 0.2) is 0 Å². The van der Waals surface area contributed by atoms with Crippen molar-refractivity contribution in [2.24, 2.45) is 7.05 Å². The van der Waals surface area contributed by atoms with Crippen LogP contribution in [-0.4, -0.2) is 10.7 Å². The molecule has 0 aromatic carbocycles. The quantitative estimate of drug-likeness (QED) is 0.306. The van der Waals surface area contributed by atoms with Gasteiger partial charge in [0.05, 0.1) is 0 Å². The van der Waals surface area contributed by atoms with Crippen LogP contribution in [0.25, 0.3) is 0 Å². The first-order chi connectivity index (χ1) is 12.2. The molecular weight excluding hydrogens is 308 g/mol. The summed E-state index contributed by atoms with van der Waals surface area (Å²) >= 11 is 0. The van der Waals surface area contributed by atoms with Gasteiger partial charge in [-0.25, -0.2) is 0 Å². The van der Waals surface area contributed by atoms with Crippen molar-refractivity contribution >= 4 is 11.7 Å². The van der Waals surface area contributed by atoms with E-state index in [1.807, 2.05) is 0 Å². The maximum absolute atomic E-state index is 2.44. The summed E-state index contributed by atoms with van der Waals surface area (Å²) in [5, 5.41) is 0. The topological polar surface area (TPSA) is 4.93 Å². The number of hydrogen-bond acceptors (Lipinski definition) is 0. The number of hydrogen-bond donors (Lipinski definition) is 0. The van der Waals surface area contributed by atoms with Crippen molar-refractivity contribution in [2.45, 2.75) is 117 Å². The van der Waals surface area contributed by atoms with Crippen molar-refractivity contribution in [3.8, 4) is 0 Å². The van der Waals surface area contributed by atoms with E-state index in [9.17, 15) is 0 Å². The smallest absolute Gasteiger partial charge is 0.392 e. The van der Waals surface area contributed by atoms with Crippen LogP contribution in [0.4, 0.5) is 0 Å². The molecule has 0 spiro atoms. The third-order valence-corrected chi connectivity index (χ3v) is 6.44. The minimum absolute atomic E-state index is 0. The zero-order chi connectivity index (χ0) is 18.4. The van der Waals surface area contributed by atoms with Gasteiger partial charge in [0.2, 0.25) is 0 Å². The monoisotopic (exact) mass is 353 g/mol. The molecule has 0 aliphatic carbocycles. The first-order valence-corrected chi connectivity index (χ1v) is 11.5. The maximum atomic E-state index is 2.44. The summed E-state index contributed by atoms with van der Waals surface area (Å²) in [6.07, 6.45) is 23.1. The van der Waals surface area contributed by atoms with Gasteiger partial charge in [-0.15, -0.1) is 5.59 Å². The Kier molecular flexibility index (Phi) is 15.9. The number of rotatable bonds is 16. The summed E-state index contributed by atoms with van der Waals surface area (Å²) in [4.78, 5) is 0. The summed E-state index contributed by atoms with van der Waals surface area (Å²) in [5.41, 5.74) is 1.67. The third kappa shape index (κ3) is 9.23. The minimum Gasteiger partial charge on any atom is -0.392 e. The molecule has 0 bridgehead atoms. The van der Waals surface area contributed by atoms with Crippen molar-refractivity contribution in [3.05, 3.63) is 18.3 Å². The molecular formula is C23H45BLiN. The zero-order valence-electron chi connectivity index (χ0n) is 18.9. The van der Waals surface area contributed by atoms with Gasteiger partial charge >= 0.3 is 18.9 Å². The van der Waals surface area contributed by atoms with Crippen LogP contribution in [0, 0.1) is 0 Å². The normalized spacial score (nSPS) is 11.5. The van der Waals surface area contributed by atoms with E-state index in [-0.39, 0.29) is 25.0 Å². The van der Waals surface area contributed by atoms with Gasteiger partial charge in [0.25, 0.3) is 0 Å². The summed E-state index contributed by atoms with van der Waals surface area (Å²) in [6.45, 7) is 6.97. The number of unbranched alkanes of at least 4 members (excludes halogenated alkanes) is 9. The van der Waals surface area contributed by atoms with Gasteiger partial charge in [-0.05, 0) is 12.3 Å². The summed E-state index contributed by atoms with van der Waals surface area (Å²) in [6, 6.07) is 4.72. The van der Waals surface area contributed by atoms with Crippen molar-refractivity contribution in [3.63, 3.8) is 0 Å². The number of aromatic nitrogens is 1. The number of aryl methyl sites for hydroxylation is 1. The van der Waals surface area contributed by atoms with E-state index in [1.165, 1.54) is 96.0 Å². The fourth-order valence-corrected chi connectivity index (χ4v) is 4.87. The van der Waals surface area contributed by atoms with Gasteiger partial charge in [0.1, 0.15) is 0 Å². The summed E-state index contributed by atoms with van der Waals surface area (Å²) in [5.74, 6) is 0. The van der Waals surface area contributed by atoms with Gasteiger partial charge in [-0.3, -0.25) is 0 Å². The molecule has 0 amide bonds. The van der Waals surface area contributed by atoms with Gasteiger partial charge in [-0.2, -0.15) is 19.0 Å². The van der Waals surface area contributed by atoms with Crippen molar-refractivity contribution in [1.29, 1.82) is 0 Å². The third-order valence-electron chi connectivity index (χ3n) is 6.44. The molecule has 1 rings (SSSR count). The predicted octanol–water partition coefficient (Wildman–Crippen LogP) is 4.43. The van der Waals surface area contributed by atoms with Crippen molar-refractivity contribution in [2.75, 3.05) is 0 Å². The van der Waals surface area contributed by atoms with E-state index in [4.69, 9.17) is 0 Å². The molecule has 146 valence electrons. The van der Waals surface area contributed by atoms with Crippen LogP contribution >= 0.6 is 0 Å². The van der Waals surface area contributed by atoms with E-state index < -0.39 is 0 Å². The minimum atomic E-state index is -0.375. The Morgan fingerprint density at radius 1 is 0.692 bits per heavy atom. The standard InChI is InChI=1S/C23H45BN.Li/c1-5-8-11-14-19-24(20-15-12-9-6-2,21-16-13-10-7-3)23-18-17-22-25(23)4;/h17-18,22H,5-16,19-21H2,1-4H3;/q-1;+1. The maximum Gasteiger partial charge on any atom is 1.00 e. The van der Waals surface area contributed by atoms with Crippen LogP contribution < -0.4 is 24.5 Å². The molecule has 0 saturated heterocycles. The Bertz CT molecular complexity index is 398.